The Morgan fingerprint density at radius 3 is 2.69 bits per heavy atom. The quantitative estimate of drug-likeness (QED) is 0.792. The standard InChI is InChI=1S/C19H18N2O4S/c1-25-15-9-5-6-13(10-15)20-17(22)12-26-16-11-18(23)21(19(16)24)14-7-3-2-4-8-14/h2-10,16H,11-12H2,1H3,(H,20,22). The Labute approximate surface area is 155 Å². The van der Waals surface area contributed by atoms with E-state index in [0.29, 0.717) is 17.1 Å². The largest absolute Gasteiger partial charge is 0.497 e. The molecule has 134 valence electrons. The van der Waals surface area contributed by atoms with Crippen LogP contribution in [0.4, 0.5) is 11.4 Å². The van der Waals surface area contributed by atoms with Gasteiger partial charge in [0.2, 0.25) is 17.7 Å². The van der Waals surface area contributed by atoms with Crippen LogP contribution in [0.2, 0.25) is 0 Å². The van der Waals surface area contributed by atoms with E-state index in [-0.39, 0.29) is 29.9 Å². The van der Waals surface area contributed by atoms with Gasteiger partial charge in [0.1, 0.15) is 5.75 Å². The van der Waals surface area contributed by atoms with Gasteiger partial charge in [0.15, 0.2) is 0 Å². The summed E-state index contributed by atoms with van der Waals surface area (Å²) >= 11 is 1.18. The number of amides is 3. The summed E-state index contributed by atoms with van der Waals surface area (Å²) in [5.74, 6) is -0.0248. The summed E-state index contributed by atoms with van der Waals surface area (Å²) in [4.78, 5) is 38.0. The topological polar surface area (TPSA) is 75.7 Å². The number of carbonyl (C=O) groups is 3. The van der Waals surface area contributed by atoms with Crippen LogP contribution >= 0.6 is 11.8 Å². The smallest absolute Gasteiger partial charge is 0.247 e. The van der Waals surface area contributed by atoms with Crippen LogP contribution < -0.4 is 15.0 Å². The number of para-hydroxylation sites is 1. The first kappa shape index (κ1) is 18.0. The highest BCUT2D eigenvalue weighted by atomic mass is 32.2. The summed E-state index contributed by atoms with van der Waals surface area (Å²) in [7, 11) is 1.55. The van der Waals surface area contributed by atoms with Gasteiger partial charge in [0, 0.05) is 18.2 Å². The van der Waals surface area contributed by atoms with E-state index >= 15 is 0 Å². The van der Waals surface area contributed by atoms with Gasteiger partial charge in [0.05, 0.1) is 23.8 Å². The molecule has 0 bridgehead atoms. The second kappa shape index (κ2) is 8.05. The fourth-order valence-electron chi connectivity index (χ4n) is 2.66. The number of nitrogens with zero attached hydrogens (tertiary/aromatic N) is 1. The fraction of sp³-hybridized carbons (Fsp3) is 0.211. The van der Waals surface area contributed by atoms with E-state index < -0.39 is 5.25 Å². The molecular formula is C19H18N2O4S. The van der Waals surface area contributed by atoms with Gasteiger partial charge in [-0.25, -0.2) is 4.90 Å². The number of nitrogens with one attached hydrogen (secondary N) is 1. The minimum atomic E-state index is -0.543. The van der Waals surface area contributed by atoms with Crippen molar-refractivity contribution in [1.29, 1.82) is 0 Å². The molecule has 0 saturated carbocycles. The molecule has 1 atom stereocenters. The number of anilines is 2. The van der Waals surface area contributed by atoms with Gasteiger partial charge in [-0.05, 0) is 24.3 Å². The number of imide groups is 1. The lowest BCUT2D eigenvalue weighted by molar-refractivity contribution is -0.121. The Kier molecular flexibility index (Phi) is 5.58. The van der Waals surface area contributed by atoms with Crippen molar-refractivity contribution in [3.05, 3.63) is 54.6 Å². The molecule has 1 saturated heterocycles. The summed E-state index contributed by atoms with van der Waals surface area (Å²) in [5, 5.41) is 2.22. The van der Waals surface area contributed by atoms with Crippen molar-refractivity contribution < 1.29 is 19.1 Å². The molecule has 6 nitrogen and oxygen atoms in total. The molecule has 1 aliphatic rings. The average Bonchev–Trinajstić information content (AvgIpc) is 2.94. The first-order chi connectivity index (χ1) is 12.6. The van der Waals surface area contributed by atoms with Crippen molar-refractivity contribution in [2.45, 2.75) is 11.7 Å². The average molecular weight is 370 g/mol. The first-order valence-electron chi connectivity index (χ1n) is 8.06. The van der Waals surface area contributed by atoms with Crippen LogP contribution in [-0.4, -0.2) is 35.8 Å². The minimum absolute atomic E-state index is 0.0868. The third-order valence-electron chi connectivity index (χ3n) is 3.89. The van der Waals surface area contributed by atoms with Crippen LogP contribution in [0.5, 0.6) is 5.75 Å². The van der Waals surface area contributed by atoms with Crippen molar-refractivity contribution in [2.24, 2.45) is 0 Å². The van der Waals surface area contributed by atoms with Crippen molar-refractivity contribution in [3.8, 4) is 5.75 Å². The molecule has 1 heterocycles. The van der Waals surface area contributed by atoms with Crippen molar-refractivity contribution in [2.75, 3.05) is 23.1 Å². The van der Waals surface area contributed by atoms with Crippen LogP contribution in [0.1, 0.15) is 6.42 Å². The fourth-order valence-corrected chi connectivity index (χ4v) is 3.59. The van der Waals surface area contributed by atoms with E-state index in [9.17, 15) is 14.4 Å². The van der Waals surface area contributed by atoms with E-state index in [1.807, 2.05) is 6.07 Å². The Bertz CT molecular complexity index is 825. The van der Waals surface area contributed by atoms with Crippen LogP contribution in [0, 0.1) is 0 Å². The molecule has 0 aromatic heterocycles. The summed E-state index contributed by atoms with van der Waals surface area (Å²) in [6, 6.07) is 15.8. The van der Waals surface area contributed by atoms with Gasteiger partial charge in [-0.15, -0.1) is 11.8 Å². The molecule has 3 amide bonds. The van der Waals surface area contributed by atoms with Crippen LogP contribution in [0.15, 0.2) is 54.6 Å². The monoisotopic (exact) mass is 370 g/mol. The zero-order chi connectivity index (χ0) is 18.5. The lowest BCUT2D eigenvalue weighted by Crippen LogP contribution is -2.31. The minimum Gasteiger partial charge on any atom is -0.497 e. The van der Waals surface area contributed by atoms with Gasteiger partial charge in [0.25, 0.3) is 0 Å². The molecule has 7 heteroatoms. The second-order valence-electron chi connectivity index (χ2n) is 5.69. The summed E-state index contributed by atoms with van der Waals surface area (Å²) in [6.07, 6.45) is 0.102. The van der Waals surface area contributed by atoms with Crippen molar-refractivity contribution in [3.63, 3.8) is 0 Å². The van der Waals surface area contributed by atoms with Gasteiger partial charge in [-0.2, -0.15) is 0 Å². The molecule has 1 fully saturated rings. The van der Waals surface area contributed by atoms with Gasteiger partial charge < -0.3 is 10.1 Å². The Morgan fingerprint density at radius 2 is 1.96 bits per heavy atom. The number of hydrogen-bond acceptors (Lipinski definition) is 5. The van der Waals surface area contributed by atoms with Crippen molar-refractivity contribution in [1.82, 2.24) is 0 Å². The van der Waals surface area contributed by atoms with Crippen LogP contribution in [0.3, 0.4) is 0 Å². The summed E-state index contributed by atoms with van der Waals surface area (Å²) < 4.78 is 5.11. The second-order valence-corrected chi connectivity index (χ2v) is 6.88. The zero-order valence-corrected chi connectivity index (χ0v) is 15.0. The SMILES string of the molecule is COc1cccc(NC(=O)CSC2CC(=O)N(c3ccccc3)C2=O)c1. The van der Waals surface area contributed by atoms with E-state index in [1.54, 1.807) is 55.6 Å². The van der Waals surface area contributed by atoms with E-state index in [4.69, 9.17) is 4.74 Å². The zero-order valence-electron chi connectivity index (χ0n) is 14.2. The van der Waals surface area contributed by atoms with E-state index in [1.165, 1.54) is 16.7 Å². The highest BCUT2D eigenvalue weighted by Gasteiger charge is 2.39. The van der Waals surface area contributed by atoms with E-state index in [0.717, 1.165) is 0 Å². The maximum Gasteiger partial charge on any atom is 0.247 e. The maximum atomic E-state index is 12.5. The normalized spacial score (nSPS) is 16.7. The van der Waals surface area contributed by atoms with Gasteiger partial charge in [-0.3, -0.25) is 14.4 Å². The number of methoxy groups -OCH3 is 1. The molecule has 0 spiro atoms. The summed E-state index contributed by atoms with van der Waals surface area (Å²) in [5.41, 5.74) is 1.18. The van der Waals surface area contributed by atoms with Crippen LogP contribution in [0.25, 0.3) is 0 Å². The molecule has 0 radical (unpaired) electrons. The third-order valence-corrected chi connectivity index (χ3v) is 5.09. The Hall–Kier alpha value is -2.80. The van der Waals surface area contributed by atoms with Crippen molar-refractivity contribution >= 4 is 40.9 Å². The number of carbonyl (C=O) groups excluding carboxylic acids is 3. The molecule has 1 aliphatic heterocycles. The molecule has 1 N–H and O–H groups in total. The molecule has 2 aromatic carbocycles. The maximum absolute atomic E-state index is 12.5. The Morgan fingerprint density at radius 1 is 1.19 bits per heavy atom. The first-order valence-corrected chi connectivity index (χ1v) is 9.10. The Balaban J connectivity index is 1.57. The number of hydrogen-bond donors (Lipinski definition) is 1. The lowest BCUT2D eigenvalue weighted by atomic mass is 10.3. The predicted octanol–water partition coefficient (Wildman–Crippen LogP) is 2.70. The summed E-state index contributed by atoms with van der Waals surface area (Å²) in [6.45, 7) is 0. The van der Waals surface area contributed by atoms with Crippen LogP contribution in [-0.2, 0) is 14.4 Å². The highest BCUT2D eigenvalue weighted by Crippen LogP contribution is 2.29. The molecule has 26 heavy (non-hydrogen) atoms. The van der Waals surface area contributed by atoms with Gasteiger partial charge >= 0.3 is 0 Å². The molecule has 1 unspecified atom stereocenters. The molecular weight excluding hydrogens is 352 g/mol. The van der Waals surface area contributed by atoms with E-state index in [2.05, 4.69) is 5.32 Å². The number of benzene rings is 2. The highest BCUT2D eigenvalue weighted by molar-refractivity contribution is 8.01. The molecule has 0 aliphatic carbocycles. The lowest BCUT2D eigenvalue weighted by Gasteiger charge is -2.14. The number of thioether (sulfide) groups is 1. The molecule has 3 rings (SSSR count). The number of rotatable bonds is 6. The van der Waals surface area contributed by atoms with Gasteiger partial charge in [-0.1, -0.05) is 24.3 Å². The third kappa shape index (κ3) is 4.05. The molecule has 2 aromatic rings. The number of ether oxygens (including phenoxy) is 1. The predicted molar refractivity (Wildman–Crippen MR) is 101 cm³/mol.